The molecule has 0 aliphatic carbocycles. The van der Waals surface area contributed by atoms with Gasteiger partial charge in [0.05, 0.1) is 6.54 Å². The lowest BCUT2D eigenvalue weighted by Gasteiger charge is -2.39. The number of piperazine rings is 1. The predicted molar refractivity (Wildman–Crippen MR) is 88.4 cm³/mol. The molecule has 22 heavy (non-hydrogen) atoms. The van der Waals surface area contributed by atoms with E-state index in [2.05, 4.69) is 41.4 Å². The Hall–Kier alpha value is -2.13. The van der Waals surface area contributed by atoms with Crippen molar-refractivity contribution in [2.45, 2.75) is 32.0 Å². The van der Waals surface area contributed by atoms with Gasteiger partial charge in [-0.1, -0.05) is 60.7 Å². The topological polar surface area (TPSA) is 32.3 Å². The van der Waals surface area contributed by atoms with Gasteiger partial charge in [0.1, 0.15) is 0 Å². The summed E-state index contributed by atoms with van der Waals surface area (Å²) in [5.41, 5.74) is 2.52. The lowest BCUT2D eigenvalue weighted by atomic mass is 9.96. The molecular formula is C19H22N2O. The SMILES string of the molecule is CC1[C@@H](Cc2ccccc2)NC(=O)CN1Cc1ccccc1. The second-order valence-corrected chi connectivity index (χ2v) is 5.99. The molecule has 2 atom stereocenters. The number of rotatable bonds is 4. The first-order valence-corrected chi connectivity index (χ1v) is 7.83. The van der Waals surface area contributed by atoms with Crippen molar-refractivity contribution in [1.82, 2.24) is 10.2 Å². The van der Waals surface area contributed by atoms with Crippen molar-refractivity contribution in [3.8, 4) is 0 Å². The van der Waals surface area contributed by atoms with Crippen molar-refractivity contribution in [3.63, 3.8) is 0 Å². The summed E-state index contributed by atoms with van der Waals surface area (Å²) in [5, 5.41) is 3.15. The molecule has 3 nitrogen and oxygen atoms in total. The van der Waals surface area contributed by atoms with E-state index >= 15 is 0 Å². The van der Waals surface area contributed by atoms with Crippen LogP contribution >= 0.6 is 0 Å². The van der Waals surface area contributed by atoms with Crippen LogP contribution in [-0.4, -0.2) is 29.4 Å². The van der Waals surface area contributed by atoms with Crippen LogP contribution in [0.2, 0.25) is 0 Å². The fraction of sp³-hybridized carbons (Fsp3) is 0.316. The van der Waals surface area contributed by atoms with Gasteiger partial charge in [-0.15, -0.1) is 0 Å². The summed E-state index contributed by atoms with van der Waals surface area (Å²) in [6.07, 6.45) is 0.874. The first-order valence-electron chi connectivity index (χ1n) is 7.83. The summed E-state index contributed by atoms with van der Waals surface area (Å²) < 4.78 is 0. The van der Waals surface area contributed by atoms with Crippen molar-refractivity contribution in [1.29, 1.82) is 0 Å². The molecule has 1 N–H and O–H groups in total. The number of carbonyl (C=O) groups excluding carboxylic acids is 1. The van der Waals surface area contributed by atoms with Crippen LogP contribution < -0.4 is 5.32 Å². The molecule has 1 aliphatic rings. The van der Waals surface area contributed by atoms with Crippen LogP contribution in [0.25, 0.3) is 0 Å². The number of carbonyl (C=O) groups is 1. The Morgan fingerprint density at radius 2 is 1.59 bits per heavy atom. The number of nitrogens with one attached hydrogen (secondary N) is 1. The quantitative estimate of drug-likeness (QED) is 0.940. The molecule has 0 saturated carbocycles. The fourth-order valence-corrected chi connectivity index (χ4v) is 3.06. The summed E-state index contributed by atoms with van der Waals surface area (Å²) in [6.45, 7) is 3.50. The highest BCUT2D eigenvalue weighted by molar-refractivity contribution is 5.79. The Kier molecular flexibility index (Phi) is 4.54. The van der Waals surface area contributed by atoms with Gasteiger partial charge in [0.2, 0.25) is 5.91 Å². The summed E-state index contributed by atoms with van der Waals surface area (Å²) in [4.78, 5) is 14.3. The van der Waals surface area contributed by atoms with Gasteiger partial charge in [-0.3, -0.25) is 9.69 Å². The van der Waals surface area contributed by atoms with E-state index in [-0.39, 0.29) is 11.9 Å². The number of amides is 1. The van der Waals surface area contributed by atoms with Gasteiger partial charge in [-0.05, 0) is 24.5 Å². The van der Waals surface area contributed by atoms with Gasteiger partial charge in [0.15, 0.2) is 0 Å². The first-order chi connectivity index (χ1) is 10.7. The third kappa shape index (κ3) is 3.55. The molecule has 1 amide bonds. The van der Waals surface area contributed by atoms with Crippen LogP contribution in [0.5, 0.6) is 0 Å². The number of benzene rings is 2. The fourth-order valence-electron chi connectivity index (χ4n) is 3.06. The summed E-state index contributed by atoms with van der Waals surface area (Å²) in [6, 6.07) is 21.2. The van der Waals surface area contributed by atoms with Crippen LogP contribution in [0.3, 0.4) is 0 Å². The van der Waals surface area contributed by atoms with Crippen LogP contribution in [-0.2, 0) is 17.8 Å². The number of nitrogens with zero attached hydrogens (tertiary/aromatic N) is 1. The molecule has 1 fully saturated rings. The van der Waals surface area contributed by atoms with E-state index in [0.717, 1.165) is 13.0 Å². The maximum Gasteiger partial charge on any atom is 0.234 e. The predicted octanol–water partition coefficient (Wildman–Crippen LogP) is 2.62. The van der Waals surface area contributed by atoms with Gasteiger partial charge in [-0.25, -0.2) is 0 Å². The van der Waals surface area contributed by atoms with Gasteiger partial charge < -0.3 is 5.32 Å². The molecule has 1 unspecified atom stereocenters. The molecule has 114 valence electrons. The van der Waals surface area contributed by atoms with E-state index in [4.69, 9.17) is 0 Å². The molecule has 0 spiro atoms. The average Bonchev–Trinajstić information content (AvgIpc) is 2.54. The van der Waals surface area contributed by atoms with Crippen LogP contribution in [0.4, 0.5) is 0 Å². The largest absolute Gasteiger partial charge is 0.350 e. The molecule has 3 heteroatoms. The van der Waals surface area contributed by atoms with Crippen LogP contribution in [0.15, 0.2) is 60.7 Å². The van der Waals surface area contributed by atoms with Crippen molar-refractivity contribution in [3.05, 3.63) is 71.8 Å². The molecule has 0 bridgehead atoms. The van der Waals surface area contributed by atoms with E-state index in [9.17, 15) is 4.79 Å². The Morgan fingerprint density at radius 3 is 2.23 bits per heavy atom. The Bertz CT molecular complexity index is 558. The Morgan fingerprint density at radius 1 is 1.00 bits per heavy atom. The zero-order valence-electron chi connectivity index (χ0n) is 12.9. The maximum absolute atomic E-state index is 12.1. The summed E-state index contributed by atoms with van der Waals surface area (Å²) >= 11 is 0. The molecule has 1 aliphatic heterocycles. The molecule has 1 heterocycles. The number of hydrogen-bond donors (Lipinski definition) is 1. The third-order valence-electron chi connectivity index (χ3n) is 4.38. The van der Waals surface area contributed by atoms with E-state index in [1.54, 1.807) is 0 Å². The van der Waals surface area contributed by atoms with Crippen LogP contribution in [0, 0.1) is 0 Å². The molecule has 0 radical (unpaired) electrons. The monoisotopic (exact) mass is 294 g/mol. The average molecular weight is 294 g/mol. The van der Waals surface area contributed by atoms with Gasteiger partial charge >= 0.3 is 0 Å². The Labute approximate surface area is 132 Å². The van der Waals surface area contributed by atoms with E-state index in [1.165, 1.54) is 11.1 Å². The van der Waals surface area contributed by atoms with Crippen LogP contribution in [0.1, 0.15) is 18.1 Å². The number of hydrogen-bond acceptors (Lipinski definition) is 2. The molecule has 2 aromatic carbocycles. The lowest BCUT2D eigenvalue weighted by Crippen LogP contribution is -2.59. The highest BCUT2D eigenvalue weighted by Gasteiger charge is 2.31. The molecule has 0 aromatic heterocycles. The zero-order valence-corrected chi connectivity index (χ0v) is 12.9. The second kappa shape index (κ2) is 6.75. The standard InChI is InChI=1S/C19H22N2O/c1-15-18(12-16-8-4-2-5-9-16)20-19(22)14-21(15)13-17-10-6-3-7-11-17/h2-11,15,18H,12-14H2,1H3,(H,20,22)/t15?,18-/m1/s1. The second-order valence-electron chi connectivity index (χ2n) is 5.99. The highest BCUT2D eigenvalue weighted by atomic mass is 16.2. The summed E-state index contributed by atoms with van der Waals surface area (Å²) in [5.74, 6) is 0.120. The molecule has 1 saturated heterocycles. The van der Waals surface area contributed by atoms with Crippen molar-refractivity contribution >= 4 is 5.91 Å². The van der Waals surface area contributed by atoms with E-state index in [0.29, 0.717) is 12.6 Å². The lowest BCUT2D eigenvalue weighted by molar-refractivity contribution is -0.127. The normalized spacial score (nSPS) is 22.3. The zero-order chi connectivity index (χ0) is 15.4. The van der Waals surface area contributed by atoms with E-state index < -0.39 is 0 Å². The smallest absolute Gasteiger partial charge is 0.234 e. The van der Waals surface area contributed by atoms with E-state index in [1.807, 2.05) is 36.4 Å². The molecule has 3 rings (SSSR count). The first kappa shape index (κ1) is 14.8. The minimum atomic E-state index is 0.120. The minimum Gasteiger partial charge on any atom is -0.350 e. The van der Waals surface area contributed by atoms with Gasteiger partial charge in [0.25, 0.3) is 0 Å². The van der Waals surface area contributed by atoms with Crippen molar-refractivity contribution < 1.29 is 4.79 Å². The van der Waals surface area contributed by atoms with Crippen molar-refractivity contribution in [2.24, 2.45) is 0 Å². The van der Waals surface area contributed by atoms with Crippen molar-refractivity contribution in [2.75, 3.05) is 6.54 Å². The highest BCUT2D eigenvalue weighted by Crippen LogP contribution is 2.17. The third-order valence-corrected chi connectivity index (χ3v) is 4.38. The maximum atomic E-state index is 12.1. The molecule has 2 aromatic rings. The molecular weight excluding hydrogens is 272 g/mol. The van der Waals surface area contributed by atoms with Gasteiger partial charge in [0, 0.05) is 18.6 Å². The minimum absolute atomic E-state index is 0.120. The van der Waals surface area contributed by atoms with Gasteiger partial charge in [-0.2, -0.15) is 0 Å². The summed E-state index contributed by atoms with van der Waals surface area (Å²) in [7, 11) is 0. The Balaban J connectivity index is 1.71.